The quantitative estimate of drug-likeness (QED) is 0.362. The second-order valence-corrected chi connectivity index (χ2v) is 5.71. The number of allylic oxidation sites excluding steroid dienone is 2. The van der Waals surface area contributed by atoms with Gasteiger partial charge in [-0.15, -0.1) is 0 Å². The maximum atomic E-state index is 11.6. The first-order chi connectivity index (χ1) is 9.12. The summed E-state index contributed by atoms with van der Waals surface area (Å²) in [6.45, 7) is 4.14. The molecule has 0 amide bonds. The van der Waals surface area contributed by atoms with Crippen molar-refractivity contribution in [1.82, 2.24) is 0 Å². The fraction of sp³-hybridized carbons (Fsp3) is 0.706. The molecule has 0 radical (unpaired) electrons. The summed E-state index contributed by atoms with van der Waals surface area (Å²) in [4.78, 5) is 11.6. The number of methoxy groups -OCH3 is 1. The molecule has 2 nitrogen and oxygen atoms in total. The molecule has 0 aromatic rings. The number of hydrogen-bond acceptors (Lipinski definition) is 2. The molecule has 1 rings (SSSR count). The van der Waals surface area contributed by atoms with Crippen molar-refractivity contribution in [3.8, 4) is 0 Å². The van der Waals surface area contributed by atoms with Crippen molar-refractivity contribution in [3.05, 3.63) is 24.3 Å². The first kappa shape index (κ1) is 16.0. The SMILES string of the molecule is CCCCCCCCC1C=CC(C)(C(=O)OC)C=C1. The van der Waals surface area contributed by atoms with Crippen LogP contribution in [0.2, 0.25) is 0 Å². The normalized spacial score (nSPS) is 25.5. The van der Waals surface area contributed by atoms with E-state index in [-0.39, 0.29) is 5.97 Å². The fourth-order valence-electron chi connectivity index (χ4n) is 2.48. The third-order valence-electron chi connectivity index (χ3n) is 3.90. The molecule has 0 spiro atoms. The van der Waals surface area contributed by atoms with Crippen LogP contribution in [0.1, 0.15) is 58.8 Å². The lowest BCUT2D eigenvalue weighted by Crippen LogP contribution is -2.26. The van der Waals surface area contributed by atoms with E-state index in [1.54, 1.807) is 0 Å². The number of rotatable bonds is 8. The molecule has 0 aliphatic heterocycles. The Labute approximate surface area is 117 Å². The van der Waals surface area contributed by atoms with Crippen LogP contribution < -0.4 is 0 Å². The van der Waals surface area contributed by atoms with Gasteiger partial charge >= 0.3 is 5.97 Å². The van der Waals surface area contributed by atoms with E-state index in [2.05, 4.69) is 19.1 Å². The van der Waals surface area contributed by atoms with Crippen LogP contribution in [-0.2, 0) is 9.53 Å². The van der Waals surface area contributed by atoms with Gasteiger partial charge in [0.2, 0.25) is 0 Å². The van der Waals surface area contributed by atoms with Crippen LogP contribution in [-0.4, -0.2) is 13.1 Å². The summed E-state index contributed by atoms with van der Waals surface area (Å²) in [5.74, 6) is 0.307. The van der Waals surface area contributed by atoms with E-state index >= 15 is 0 Å². The highest BCUT2D eigenvalue weighted by atomic mass is 16.5. The molecule has 0 atom stereocenters. The molecule has 0 bridgehead atoms. The van der Waals surface area contributed by atoms with Gasteiger partial charge in [0.25, 0.3) is 0 Å². The van der Waals surface area contributed by atoms with Crippen molar-refractivity contribution in [2.75, 3.05) is 7.11 Å². The van der Waals surface area contributed by atoms with Gasteiger partial charge < -0.3 is 4.74 Å². The summed E-state index contributed by atoms with van der Waals surface area (Å²) in [5.41, 5.74) is -0.563. The Morgan fingerprint density at radius 2 is 1.68 bits per heavy atom. The first-order valence-electron chi connectivity index (χ1n) is 7.59. The lowest BCUT2D eigenvalue weighted by molar-refractivity contribution is -0.146. The van der Waals surface area contributed by atoms with Crippen molar-refractivity contribution < 1.29 is 9.53 Å². The Morgan fingerprint density at radius 1 is 1.11 bits per heavy atom. The summed E-state index contributed by atoms with van der Waals surface area (Å²) < 4.78 is 4.82. The minimum absolute atomic E-state index is 0.182. The molecular formula is C17H28O2. The third kappa shape index (κ3) is 5.22. The number of hydrogen-bond donors (Lipinski definition) is 0. The zero-order chi connectivity index (χ0) is 14.1. The summed E-state index contributed by atoms with van der Waals surface area (Å²) >= 11 is 0. The van der Waals surface area contributed by atoms with Crippen molar-refractivity contribution in [2.45, 2.75) is 58.8 Å². The molecule has 108 valence electrons. The molecular weight excluding hydrogens is 236 g/mol. The summed E-state index contributed by atoms with van der Waals surface area (Å²) in [6, 6.07) is 0. The number of esters is 1. The molecule has 2 heteroatoms. The van der Waals surface area contributed by atoms with Crippen LogP contribution in [0.4, 0.5) is 0 Å². The van der Waals surface area contributed by atoms with E-state index < -0.39 is 5.41 Å². The van der Waals surface area contributed by atoms with Crippen LogP contribution >= 0.6 is 0 Å². The van der Waals surface area contributed by atoms with E-state index in [9.17, 15) is 4.79 Å². The largest absolute Gasteiger partial charge is 0.468 e. The molecule has 0 N–H and O–H groups in total. The van der Waals surface area contributed by atoms with Crippen molar-refractivity contribution >= 4 is 5.97 Å². The second kappa shape index (κ2) is 8.19. The van der Waals surface area contributed by atoms with Gasteiger partial charge in [0.1, 0.15) is 5.41 Å². The number of carbonyl (C=O) groups is 1. The van der Waals surface area contributed by atoms with Crippen molar-refractivity contribution in [2.24, 2.45) is 11.3 Å². The first-order valence-corrected chi connectivity index (χ1v) is 7.59. The summed E-state index contributed by atoms with van der Waals surface area (Å²) in [6.07, 6.45) is 17.5. The van der Waals surface area contributed by atoms with E-state index in [1.807, 2.05) is 19.1 Å². The zero-order valence-corrected chi connectivity index (χ0v) is 12.7. The standard InChI is InChI=1S/C17H28O2/c1-4-5-6-7-8-9-10-15-11-13-17(2,14-12-15)16(18)19-3/h11-15H,4-10H2,1-3H3. The van der Waals surface area contributed by atoms with Crippen molar-refractivity contribution in [3.63, 3.8) is 0 Å². The van der Waals surface area contributed by atoms with Gasteiger partial charge in [-0.2, -0.15) is 0 Å². The van der Waals surface area contributed by atoms with Gasteiger partial charge in [0.05, 0.1) is 7.11 Å². The molecule has 1 aliphatic carbocycles. The van der Waals surface area contributed by atoms with E-state index in [4.69, 9.17) is 4.74 Å². The average molecular weight is 264 g/mol. The Morgan fingerprint density at radius 3 is 2.26 bits per heavy atom. The number of unbranched alkanes of at least 4 members (excludes halogenated alkanes) is 5. The fourth-order valence-corrected chi connectivity index (χ4v) is 2.48. The van der Waals surface area contributed by atoms with Gasteiger partial charge in [0, 0.05) is 0 Å². The summed E-state index contributed by atoms with van der Waals surface area (Å²) in [5, 5.41) is 0. The van der Waals surface area contributed by atoms with Gasteiger partial charge in [0.15, 0.2) is 0 Å². The van der Waals surface area contributed by atoms with Crippen LogP contribution in [0.3, 0.4) is 0 Å². The average Bonchev–Trinajstić information content (AvgIpc) is 2.44. The van der Waals surface area contributed by atoms with E-state index in [1.165, 1.54) is 52.1 Å². The van der Waals surface area contributed by atoms with Gasteiger partial charge in [-0.1, -0.05) is 69.8 Å². The Hall–Kier alpha value is -1.05. The molecule has 0 aromatic carbocycles. The van der Waals surface area contributed by atoms with E-state index in [0.717, 1.165) is 0 Å². The second-order valence-electron chi connectivity index (χ2n) is 5.71. The van der Waals surface area contributed by atoms with Crippen LogP contribution in [0, 0.1) is 11.3 Å². The highest BCUT2D eigenvalue weighted by Gasteiger charge is 2.30. The smallest absolute Gasteiger partial charge is 0.319 e. The molecule has 0 saturated carbocycles. The maximum absolute atomic E-state index is 11.6. The third-order valence-corrected chi connectivity index (χ3v) is 3.90. The van der Waals surface area contributed by atoms with Gasteiger partial charge in [-0.25, -0.2) is 0 Å². The predicted octanol–water partition coefficient (Wildman–Crippen LogP) is 4.66. The molecule has 0 aromatic heterocycles. The lowest BCUT2D eigenvalue weighted by Gasteiger charge is -2.24. The monoisotopic (exact) mass is 264 g/mol. The summed E-state index contributed by atoms with van der Waals surface area (Å²) in [7, 11) is 1.44. The maximum Gasteiger partial charge on any atom is 0.319 e. The Kier molecular flexibility index (Phi) is 6.90. The number of carbonyl (C=O) groups excluding carboxylic acids is 1. The molecule has 0 saturated heterocycles. The molecule has 19 heavy (non-hydrogen) atoms. The Bertz CT molecular complexity index is 314. The highest BCUT2D eigenvalue weighted by Crippen LogP contribution is 2.30. The zero-order valence-electron chi connectivity index (χ0n) is 12.7. The lowest BCUT2D eigenvalue weighted by atomic mass is 9.82. The molecule has 1 aliphatic rings. The van der Waals surface area contributed by atoms with Crippen molar-refractivity contribution in [1.29, 1.82) is 0 Å². The van der Waals surface area contributed by atoms with Gasteiger partial charge in [-0.3, -0.25) is 4.79 Å². The Balaban J connectivity index is 2.24. The minimum atomic E-state index is -0.563. The topological polar surface area (TPSA) is 26.3 Å². The minimum Gasteiger partial charge on any atom is -0.468 e. The molecule has 0 unspecified atom stereocenters. The number of ether oxygens (including phenoxy) is 1. The van der Waals surface area contributed by atoms with Gasteiger partial charge in [-0.05, 0) is 19.3 Å². The molecule has 0 heterocycles. The van der Waals surface area contributed by atoms with Crippen LogP contribution in [0.25, 0.3) is 0 Å². The van der Waals surface area contributed by atoms with Crippen LogP contribution in [0.5, 0.6) is 0 Å². The molecule has 0 fully saturated rings. The van der Waals surface area contributed by atoms with E-state index in [0.29, 0.717) is 5.92 Å². The highest BCUT2D eigenvalue weighted by molar-refractivity contribution is 5.81. The predicted molar refractivity (Wildman–Crippen MR) is 79.9 cm³/mol. The van der Waals surface area contributed by atoms with Crippen LogP contribution in [0.15, 0.2) is 24.3 Å².